The summed E-state index contributed by atoms with van der Waals surface area (Å²) in [7, 11) is 0. The predicted octanol–water partition coefficient (Wildman–Crippen LogP) is 3.74. The molecule has 0 saturated heterocycles. The summed E-state index contributed by atoms with van der Waals surface area (Å²) < 4.78 is 0. The molecule has 1 aromatic rings. The van der Waals surface area contributed by atoms with E-state index in [2.05, 4.69) is 39.5 Å². The van der Waals surface area contributed by atoms with Crippen molar-refractivity contribution in [2.75, 3.05) is 25.0 Å². The number of para-hydroxylation sites is 1. The summed E-state index contributed by atoms with van der Waals surface area (Å²) in [5, 5.41) is 3.47. The van der Waals surface area contributed by atoms with E-state index in [0.717, 1.165) is 30.7 Å². The van der Waals surface area contributed by atoms with E-state index in [9.17, 15) is 0 Å². The molecule has 1 N–H and O–H groups in total. The molecule has 3 nitrogen and oxygen atoms in total. The van der Waals surface area contributed by atoms with Gasteiger partial charge in [0, 0.05) is 18.8 Å². The van der Waals surface area contributed by atoms with Gasteiger partial charge < -0.3 is 10.2 Å². The van der Waals surface area contributed by atoms with Crippen LogP contribution in [-0.2, 0) is 0 Å². The van der Waals surface area contributed by atoms with E-state index in [1.54, 1.807) is 0 Å². The van der Waals surface area contributed by atoms with Crippen LogP contribution in [0.5, 0.6) is 0 Å². The number of anilines is 1. The highest BCUT2D eigenvalue weighted by molar-refractivity contribution is 5.94. The summed E-state index contributed by atoms with van der Waals surface area (Å²) in [6.45, 7) is 3.19. The maximum atomic E-state index is 4.63. The molecule has 1 fully saturated rings. The Morgan fingerprint density at radius 3 is 2.55 bits per heavy atom. The fourth-order valence-corrected chi connectivity index (χ4v) is 3.29. The van der Waals surface area contributed by atoms with E-state index in [-0.39, 0.29) is 0 Å². The maximum absolute atomic E-state index is 4.63. The largest absolute Gasteiger partial charge is 0.341 e. The van der Waals surface area contributed by atoms with E-state index < -0.39 is 0 Å². The van der Waals surface area contributed by atoms with Gasteiger partial charge >= 0.3 is 0 Å². The minimum atomic E-state index is 0.860. The lowest BCUT2D eigenvalue weighted by molar-refractivity contribution is 0.330. The van der Waals surface area contributed by atoms with Crippen LogP contribution in [0.15, 0.2) is 35.3 Å². The Balaban J connectivity index is 1.57. The summed E-state index contributed by atoms with van der Waals surface area (Å²) in [6, 6.07) is 10.4. The lowest BCUT2D eigenvalue weighted by Gasteiger charge is -2.26. The smallest absolute Gasteiger partial charge is 0.198 e. The van der Waals surface area contributed by atoms with E-state index in [0.29, 0.717) is 0 Å². The molecule has 2 aliphatic rings. The first kappa shape index (κ1) is 13.5. The number of rotatable bonds is 3. The molecular weight excluding hydrogens is 246 g/mol. The predicted molar refractivity (Wildman–Crippen MR) is 85.1 cm³/mol. The molecule has 0 atom stereocenters. The fourth-order valence-electron chi connectivity index (χ4n) is 3.29. The number of guanidine groups is 1. The second-order valence-electron chi connectivity index (χ2n) is 6.00. The van der Waals surface area contributed by atoms with Crippen LogP contribution in [0.25, 0.3) is 0 Å². The van der Waals surface area contributed by atoms with Crippen molar-refractivity contribution in [3.63, 3.8) is 0 Å². The Hall–Kier alpha value is -1.51. The Labute approximate surface area is 122 Å². The van der Waals surface area contributed by atoms with E-state index >= 15 is 0 Å². The Morgan fingerprint density at radius 1 is 1.05 bits per heavy atom. The van der Waals surface area contributed by atoms with Gasteiger partial charge in [-0.3, -0.25) is 4.99 Å². The topological polar surface area (TPSA) is 27.6 Å². The van der Waals surface area contributed by atoms with Gasteiger partial charge in [0.2, 0.25) is 0 Å². The van der Waals surface area contributed by atoms with Crippen LogP contribution in [0, 0.1) is 5.92 Å². The molecule has 0 radical (unpaired) electrons. The highest BCUT2D eigenvalue weighted by atomic mass is 15.3. The lowest BCUT2D eigenvalue weighted by atomic mass is 10.00. The monoisotopic (exact) mass is 271 g/mol. The highest BCUT2D eigenvalue weighted by Crippen LogP contribution is 2.24. The van der Waals surface area contributed by atoms with Crippen molar-refractivity contribution in [2.45, 2.75) is 38.5 Å². The van der Waals surface area contributed by atoms with E-state index in [4.69, 9.17) is 0 Å². The molecule has 20 heavy (non-hydrogen) atoms. The summed E-state index contributed by atoms with van der Waals surface area (Å²) in [5.74, 6) is 1.93. The van der Waals surface area contributed by atoms with Gasteiger partial charge in [0.15, 0.2) is 5.96 Å². The summed E-state index contributed by atoms with van der Waals surface area (Å²) >= 11 is 0. The van der Waals surface area contributed by atoms with Gasteiger partial charge in [0.25, 0.3) is 0 Å². The molecule has 1 heterocycles. The number of hydrogen-bond donors (Lipinski definition) is 1. The molecule has 0 unspecified atom stereocenters. The first-order valence-electron chi connectivity index (χ1n) is 8.03. The maximum Gasteiger partial charge on any atom is 0.198 e. The van der Waals surface area contributed by atoms with Crippen LogP contribution >= 0.6 is 0 Å². The van der Waals surface area contributed by atoms with Gasteiger partial charge in [-0.15, -0.1) is 0 Å². The third-order valence-electron chi connectivity index (χ3n) is 4.41. The molecule has 0 amide bonds. The van der Waals surface area contributed by atoms with Crippen molar-refractivity contribution in [3.8, 4) is 0 Å². The number of nitrogens with zero attached hydrogens (tertiary/aromatic N) is 2. The molecule has 1 saturated carbocycles. The average molecular weight is 271 g/mol. The van der Waals surface area contributed by atoms with Crippen LogP contribution in [-0.4, -0.2) is 30.5 Å². The summed E-state index contributed by atoms with van der Waals surface area (Å²) in [6.07, 6.45) is 8.48. The van der Waals surface area contributed by atoms with E-state index in [1.165, 1.54) is 45.1 Å². The third kappa shape index (κ3) is 3.53. The van der Waals surface area contributed by atoms with Crippen LogP contribution in [0.2, 0.25) is 0 Å². The van der Waals surface area contributed by atoms with Crippen molar-refractivity contribution in [3.05, 3.63) is 30.3 Å². The highest BCUT2D eigenvalue weighted by Gasteiger charge is 2.21. The van der Waals surface area contributed by atoms with Crippen molar-refractivity contribution in [2.24, 2.45) is 10.9 Å². The fraction of sp³-hybridized carbons (Fsp3) is 0.588. The molecular formula is C17H25N3. The van der Waals surface area contributed by atoms with Crippen molar-refractivity contribution in [1.82, 2.24) is 4.90 Å². The molecule has 0 aromatic heterocycles. The quantitative estimate of drug-likeness (QED) is 0.848. The molecule has 3 rings (SSSR count). The molecule has 108 valence electrons. The Bertz CT molecular complexity index is 433. The Morgan fingerprint density at radius 2 is 1.80 bits per heavy atom. The SMILES string of the molecule is c1ccc(NC2=NCCN2CC2CCCCCC2)cc1. The van der Waals surface area contributed by atoms with Crippen molar-refractivity contribution >= 4 is 11.6 Å². The third-order valence-corrected chi connectivity index (χ3v) is 4.41. The zero-order valence-electron chi connectivity index (χ0n) is 12.2. The molecule has 0 bridgehead atoms. The van der Waals surface area contributed by atoms with Gasteiger partial charge in [-0.1, -0.05) is 43.9 Å². The summed E-state index contributed by atoms with van der Waals surface area (Å²) in [4.78, 5) is 7.08. The number of nitrogens with one attached hydrogen (secondary N) is 1. The number of aliphatic imine (C=N–C) groups is 1. The van der Waals surface area contributed by atoms with Crippen LogP contribution in [0.1, 0.15) is 38.5 Å². The minimum Gasteiger partial charge on any atom is -0.341 e. The van der Waals surface area contributed by atoms with Crippen LogP contribution < -0.4 is 5.32 Å². The normalized spacial score (nSPS) is 20.6. The van der Waals surface area contributed by atoms with Gasteiger partial charge in [-0.2, -0.15) is 0 Å². The first-order valence-corrected chi connectivity index (χ1v) is 8.03. The van der Waals surface area contributed by atoms with Crippen molar-refractivity contribution in [1.29, 1.82) is 0 Å². The van der Waals surface area contributed by atoms with Crippen molar-refractivity contribution < 1.29 is 0 Å². The summed E-state index contributed by atoms with van der Waals surface area (Å²) in [5.41, 5.74) is 1.14. The van der Waals surface area contributed by atoms with Gasteiger partial charge in [-0.25, -0.2) is 0 Å². The van der Waals surface area contributed by atoms with Crippen LogP contribution in [0.4, 0.5) is 5.69 Å². The lowest BCUT2D eigenvalue weighted by Crippen LogP contribution is -2.36. The standard InChI is InChI=1S/C17H25N3/c1-2-5-9-15(8-4-1)14-20-13-12-18-17(20)19-16-10-6-3-7-11-16/h3,6-7,10-11,15H,1-2,4-5,8-9,12-14H2,(H,18,19). The number of hydrogen-bond acceptors (Lipinski definition) is 3. The second kappa shape index (κ2) is 6.78. The first-order chi connectivity index (χ1) is 9.92. The average Bonchev–Trinajstić information content (AvgIpc) is 2.74. The second-order valence-corrected chi connectivity index (χ2v) is 6.00. The van der Waals surface area contributed by atoms with Crippen LogP contribution in [0.3, 0.4) is 0 Å². The van der Waals surface area contributed by atoms with E-state index in [1.807, 2.05) is 6.07 Å². The van der Waals surface area contributed by atoms with Gasteiger partial charge in [-0.05, 0) is 30.9 Å². The Kier molecular flexibility index (Phi) is 4.57. The molecule has 1 aromatic carbocycles. The molecule has 0 spiro atoms. The zero-order valence-corrected chi connectivity index (χ0v) is 12.2. The van der Waals surface area contributed by atoms with Gasteiger partial charge in [0.05, 0.1) is 6.54 Å². The van der Waals surface area contributed by atoms with Gasteiger partial charge in [0.1, 0.15) is 0 Å². The minimum absolute atomic E-state index is 0.860. The zero-order chi connectivity index (χ0) is 13.6. The number of benzene rings is 1. The molecule has 1 aliphatic heterocycles. The molecule has 1 aliphatic carbocycles. The molecule has 3 heteroatoms.